The maximum absolute atomic E-state index is 13.7. The SMILES string of the molecule is CCCCOc1ccc(S(=O)(=O)NCc2cc(C(F)(F)F)ccc2F)cc1. The summed E-state index contributed by atoms with van der Waals surface area (Å²) in [4.78, 5) is -0.0993. The topological polar surface area (TPSA) is 55.4 Å². The molecule has 0 saturated carbocycles. The highest BCUT2D eigenvalue weighted by atomic mass is 32.2. The van der Waals surface area contributed by atoms with Crippen molar-refractivity contribution in [3.8, 4) is 5.75 Å². The first-order valence-corrected chi connectivity index (χ1v) is 9.70. The molecule has 9 heteroatoms. The summed E-state index contributed by atoms with van der Waals surface area (Å²) in [6.07, 6.45) is -2.82. The van der Waals surface area contributed by atoms with Gasteiger partial charge in [-0.15, -0.1) is 0 Å². The molecule has 0 fully saturated rings. The normalized spacial score (nSPS) is 12.2. The van der Waals surface area contributed by atoms with Crippen LogP contribution in [0.25, 0.3) is 0 Å². The monoisotopic (exact) mass is 405 g/mol. The van der Waals surface area contributed by atoms with Crippen LogP contribution in [0.4, 0.5) is 17.6 Å². The van der Waals surface area contributed by atoms with Crippen molar-refractivity contribution >= 4 is 10.0 Å². The van der Waals surface area contributed by atoms with E-state index in [2.05, 4.69) is 4.72 Å². The maximum Gasteiger partial charge on any atom is 0.416 e. The van der Waals surface area contributed by atoms with Gasteiger partial charge in [-0.25, -0.2) is 17.5 Å². The molecule has 27 heavy (non-hydrogen) atoms. The average molecular weight is 405 g/mol. The molecule has 0 spiro atoms. The van der Waals surface area contributed by atoms with E-state index in [1.54, 1.807) is 0 Å². The highest BCUT2D eigenvalue weighted by molar-refractivity contribution is 7.89. The summed E-state index contributed by atoms with van der Waals surface area (Å²) in [5.41, 5.74) is -1.44. The van der Waals surface area contributed by atoms with E-state index in [-0.39, 0.29) is 4.90 Å². The quantitative estimate of drug-likeness (QED) is 0.520. The molecular formula is C18H19F4NO3S. The van der Waals surface area contributed by atoms with Crippen LogP contribution in [-0.2, 0) is 22.7 Å². The molecule has 0 aromatic heterocycles. The first-order valence-electron chi connectivity index (χ1n) is 8.21. The van der Waals surface area contributed by atoms with Gasteiger partial charge < -0.3 is 4.74 Å². The summed E-state index contributed by atoms with van der Waals surface area (Å²) in [7, 11) is -4.02. The molecule has 0 radical (unpaired) electrons. The molecule has 0 aliphatic heterocycles. The van der Waals surface area contributed by atoms with Crippen LogP contribution in [-0.4, -0.2) is 15.0 Å². The smallest absolute Gasteiger partial charge is 0.416 e. The Balaban J connectivity index is 2.08. The number of ether oxygens (including phenoxy) is 1. The summed E-state index contributed by atoms with van der Waals surface area (Å²) < 4.78 is 83.9. The van der Waals surface area contributed by atoms with Crippen molar-refractivity contribution in [2.45, 2.75) is 37.4 Å². The van der Waals surface area contributed by atoms with Crippen LogP contribution < -0.4 is 9.46 Å². The third kappa shape index (κ3) is 5.93. The van der Waals surface area contributed by atoms with Crippen LogP contribution in [0, 0.1) is 5.82 Å². The Labute approximate surface area is 155 Å². The molecule has 148 valence electrons. The van der Waals surface area contributed by atoms with Crippen molar-refractivity contribution in [2.75, 3.05) is 6.61 Å². The lowest BCUT2D eigenvalue weighted by atomic mass is 10.1. The molecule has 0 bridgehead atoms. The summed E-state index contributed by atoms with van der Waals surface area (Å²) in [6, 6.07) is 7.43. The van der Waals surface area contributed by atoms with Crippen LogP contribution in [0.1, 0.15) is 30.9 Å². The molecule has 4 nitrogen and oxygen atoms in total. The van der Waals surface area contributed by atoms with Gasteiger partial charge in [0.25, 0.3) is 0 Å². The average Bonchev–Trinajstić information content (AvgIpc) is 2.61. The Morgan fingerprint density at radius 1 is 1.07 bits per heavy atom. The minimum atomic E-state index is -4.64. The van der Waals surface area contributed by atoms with Gasteiger partial charge in [0.15, 0.2) is 0 Å². The van der Waals surface area contributed by atoms with Gasteiger partial charge in [-0.1, -0.05) is 13.3 Å². The molecular weight excluding hydrogens is 386 g/mol. The number of hydrogen-bond acceptors (Lipinski definition) is 3. The molecule has 0 atom stereocenters. The second-order valence-corrected chi connectivity index (χ2v) is 7.57. The number of unbranched alkanes of at least 4 members (excludes halogenated alkanes) is 1. The molecule has 2 rings (SSSR count). The first kappa shape index (κ1) is 21.2. The van der Waals surface area contributed by atoms with Crippen LogP contribution in [0.15, 0.2) is 47.4 Å². The van der Waals surface area contributed by atoms with E-state index >= 15 is 0 Å². The Morgan fingerprint density at radius 2 is 1.74 bits per heavy atom. The Kier molecular flexibility index (Phi) is 6.83. The molecule has 1 N–H and O–H groups in total. The number of halogens is 4. The van der Waals surface area contributed by atoms with Crippen LogP contribution in [0.2, 0.25) is 0 Å². The molecule has 2 aromatic rings. The number of hydrogen-bond donors (Lipinski definition) is 1. The van der Waals surface area contributed by atoms with Gasteiger partial charge in [0.05, 0.1) is 17.1 Å². The molecule has 0 aliphatic rings. The third-order valence-electron chi connectivity index (χ3n) is 3.73. The lowest BCUT2D eigenvalue weighted by molar-refractivity contribution is -0.137. The third-order valence-corrected chi connectivity index (χ3v) is 5.14. The molecule has 0 aliphatic carbocycles. The zero-order valence-electron chi connectivity index (χ0n) is 14.5. The highest BCUT2D eigenvalue weighted by Crippen LogP contribution is 2.30. The number of benzene rings is 2. The molecule has 0 saturated heterocycles. The highest BCUT2D eigenvalue weighted by Gasteiger charge is 2.31. The predicted molar refractivity (Wildman–Crippen MR) is 92.3 cm³/mol. The van der Waals surface area contributed by atoms with Gasteiger partial charge in [0.1, 0.15) is 11.6 Å². The summed E-state index contributed by atoms with van der Waals surface area (Å²) in [6.45, 7) is 1.92. The molecule has 0 amide bonds. The van der Waals surface area contributed by atoms with Gasteiger partial charge in [0.2, 0.25) is 10.0 Å². The van der Waals surface area contributed by atoms with Gasteiger partial charge >= 0.3 is 6.18 Å². The van der Waals surface area contributed by atoms with E-state index in [9.17, 15) is 26.0 Å². The maximum atomic E-state index is 13.7. The molecule has 0 heterocycles. The van der Waals surface area contributed by atoms with Crippen LogP contribution in [0.5, 0.6) is 5.75 Å². The number of sulfonamides is 1. The molecule has 0 unspecified atom stereocenters. The fourth-order valence-corrected chi connectivity index (χ4v) is 3.20. The van der Waals surface area contributed by atoms with Crippen molar-refractivity contribution in [1.29, 1.82) is 0 Å². The van der Waals surface area contributed by atoms with E-state index in [0.717, 1.165) is 12.8 Å². The van der Waals surface area contributed by atoms with Gasteiger partial charge in [-0.3, -0.25) is 0 Å². The van der Waals surface area contributed by atoms with Crippen LogP contribution in [0.3, 0.4) is 0 Å². The summed E-state index contributed by atoms with van der Waals surface area (Å²) in [5.74, 6) is -0.420. The fraction of sp³-hybridized carbons (Fsp3) is 0.333. The predicted octanol–water partition coefficient (Wildman–Crippen LogP) is 4.50. The molecule has 2 aromatic carbocycles. The second kappa shape index (κ2) is 8.71. The Morgan fingerprint density at radius 3 is 2.33 bits per heavy atom. The van der Waals surface area contributed by atoms with Gasteiger partial charge in [0, 0.05) is 12.1 Å². The van der Waals surface area contributed by atoms with Gasteiger partial charge in [-0.05, 0) is 48.9 Å². The van der Waals surface area contributed by atoms with Crippen molar-refractivity contribution < 1.29 is 30.7 Å². The zero-order chi connectivity index (χ0) is 20.1. The van der Waals surface area contributed by atoms with Crippen molar-refractivity contribution in [1.82, 2.24) is 4.72 Å². The van der Waals surface area contributed by atoms with E-state index < -0.39 is 39.7 Å². The number of nitrogens with one attached hydrogen (secondary N) is 1. The van der Waals surface area contributed by atoms with E-state index in [4.69, 9.17) is 4.74 Å². The van der Waals surface area contributed by atoms with Crippen molar-refractivity contribution in [3.63, 3.8) is 0 Å². The largest absolute Gasteiger partial charge is 0.494 e. The standard InChI is InChI=1S/C18H19F4NO3S/c1-2-3-10-26-15-5-7-16(8-6-15)27(24,25)23-12-13-11-14(18(20,21)22)4-9-17(13)19/h4-9,11,23H,2-3,10,12H2,1H3. The van der Waals surface area contributed by atoms with Gasteiger partial charge in [-0.2, -0.15) is 13.2 Å². The van der Waals surface area contributed by atoms with Crippen LogP contribution >= 0.6 is 0 Å². The van der Waals surface area contributed by atoms with E-state index in [0.29, 0.717) is 30.6 Å². The first-order chi connectivity index (χ1) is 12.6. The van der Waals surface area contributed by atoms with E-state index in [1.165, 1.54) is 24.3 Å². The Bertz CT molecular complexity index is 865. The van der Waals surface area contributed by atoms with Crippen molar-refractivity contribution in [3.05, 3.63) is 59.4 Å². The zero-order valence-corrected chi connectivity index (χ0v) is 15.3. The summed E-state index contributed by atoms with van der Waals surface area (Å²) in [5, 5.41) is 0. The number of alkyl halides is 3. The number of rotatable bonds is 8. The lowest BCUT2D eigenvalue weighted by Crippen LogP contribution is -2.24. The minimum absolute atomic E-state index is 0.0993. The summed E-state index contributed by atoms with van der Waals surface area (Å²) >= 11 is 0. The minimum Gasteiger partial charge on any atom is -0.494 e. The second-order valence-electron chi connectivity index (χ2n) is 5.80. The fourth-order valence-electron chi connectivity index (χ4n) is 2.19. The van der Waals surface area contributed by atoms with Crippen molar-refractivity contribution in [2.24, 2.45) is 0 Å². The Hall–Kier alpha value is -2.13. The van der Waals surface area contributed by atoms with E-state index in [1.807, 2.05) is 6.92 Å². The lowest BCUT2D eigenvalue weighted by Gasteiger charge is -2.11.